The number of nitrogens with zero attached hydrogens (tertiary/aromatic N) is 1. The van der Waals surface area contributed by atoms with Crippen LogP contribution in [-0.2, 0) is 11.3 Å². The van der Waals surface area contributed by atoms with Crippen molar-refractivity contribution < 1.29 is 9.53 Å². The summed E-state index contributed by atoms with van der Waals surface area (Å²) in [6.45, 7) is 5.81. The molecule has 3 rings (SSSR count). The van der Waals surface area contributed by atoms with E-state index >= 15 is 0 Å². The smallest absolute Gasteiger partial charge is 0.227 e. The van der Waals surface area contributed by atoms with Crippen LogP contribution in [0.15, 0.2) is 24.3 Å². The van der Waals surface area contributed by atoms with Crippen molar-refractivity contribution in [1.29, 1.82) is 0 Å². The Labute approximate surface area is 113 Å². The maximum atomic E-state index is 12.6. The van der Waals surface area contributed by atoms with E-state index in [0.29, 0.717) is 25.6 Å². The van der Waals surface area contributed by atoms with Crippen LogP contribution in [0.25, 0.3) is 0 Å². The molecule has 0 unspecified atom stereocenters. The molecule has 1 amide bonds. The van der Waals surface area contributed by atoms with Gasteiger partial charge in [0, 0.05) is 18.7 Å². The van der Waals surface area contributed by atoms with Gasteiger partial charge in [0.2, 0.25) is 5.91 Å². The van der Waals surface area contributed by atoms with Crippen molar-refractivity contribution in [3.05, 3.63) is 29.8 Å². The normalized spacial score (nSPS) is 26.5. The number of rotatable bonds is 1. The first-order valence-corrected chi connectivity index (χ1v) is 6.96. The van der Waals surface area contributed by atoms with Gasteiger partial charge in [-0.15, -0.1) is 0 Å². The maximum Gasteiger partial charge on any atom is 0.227 e. The molecule has 0 spiro atoms. The summed E-state index contributed by atoms with van der Waals surface area (Å²) in [5.41, 5.74) is 1.10. The Balaban J connectivity index is 1.77. The molecule has 2 heterocycles. The molecule has 4 heteroatoms. The third-order valence-electron chi connectivity index (χ3n) is 4.10. The molecule has 4 nitrogen and oxygen atoms in total. The minimum Gasteiger partial charge on any atom is -0.491 e. The lowest BCUT2D eigenvalue weighted by molar-refractivity contribution is -0.136. The highest BCUT2D eigenvalue weighted by Crippen LogP contribution is 2.25. The van der Waals surface area contributed by atoms with E-state index in [1.807, 2.05) is 29.2 Å². The van der Waals surface area contributed by atoms with Crippen LogP contribution >= 0.6 is 0 Å². The summed E-state index contributed by atoms with van der Waals surface area (Å²) in [5, 5.41) is 3.30. The summed E-state index contributed by atoms with van der Waals surface area (Å²) < 4.78 is 5.71. The second-order valence-corrected chi connectivity index (χ2v) is 5.46. The van der Waals surface area contributed by atoms with Crippen molar-refractivity contribution >= 4 is 5.91 Å². The van der Waals surface area contributed by atoms with E-state index in [1.165, 1.54) is 0 Å². The number of carbonyl (C=O) groups excluding carboxylic acids is 1. The fourth-order valence-corrected chi connectivity index (χ4v) is 2.89. The van der Waals surface area contributed by atoms with Crippen LogP contribution in [0.2, 0.25) is 0 Å². The highest BCUT2D eigenvalue weighted by Gasteiger charge is 2.33. The monoisotopic (exact) mass is 260 g/mol. The molecule has 1 aromatic rings. The van der Waals surface area contributed by atoms with Gasteiger partial charge in [-0.25, -0.2) is 0 Å². The average Bonchev–Trinajstić information content (AvgIpc) is 2.73. The fraction of sp³-hybridized carbons (Fsp3) is 0.533. The molecule has 19 heavy (non-hydrogen) atoms. The van der Waals surface area contributed by atoms with Crippen molar-refractivity contribution in [3.63, 3.8) is 0 Å². The van der Waals surface area contributed by atoms with Gasteiger partial charge in [0.25, 0.3) is 0 Å². The molecule has 0 radical (unpaired) electrons. The first-order chi connectivity index (χ1) is 9.25. The van der Waals surface area contributed by atoms with E-state index in [9.17, 15) is 4.79 Å². The van der Waals surface area contributed by atoms with Crippen LogP contribution < -0.4 is 10.1 Å². The Hall–Kier alpha value is -1.55. The van der Waals surface area contributed by atoms with E-state index in [1.54, 1.807) is 0 Å². The van der Waals surface area contributed by atoms with Gasteiger partial charge in [0.05, 0.1) is 12.5 Å². The minimum absolute atomic E-state index is 0.116. The van der Waals surface area contributed by atoms with Gasteiger partial charge in [-0.1, -0.05) is 25.1 Å². The summed E-state index contributed by atoms with van der Waals surface area (Å²) in [6.07, 6.45) is 0. The number of hydrogen-bond acceptors (Lipinski definition) is 3. The number of carbonyl (C=O) groups is 1. The van der Waals surface area contributed by atoms with Gasteiger partial charge in [0.1, 0.15) is 12.4 Å². The summed E-state index contributed by atoms with van der Waals surface area (Å²) >= 11 is 0. The van der Waals surface area contributed by atoms with Gasteiger partial charge < -0.3 is 15.0 Å². The Bertz CT molecular complexity index is 475. The molecule has 102 valence electrons. The Kier molecular flexibility index (Phi) is 3.42. The number of benzene rings is 1. The average molecular weight is 260 g/mol. The van der Waals surface area contributed by atoms with Crippen LogP contribution in [0.3, 0.4) is 0 Å². The lowest BCUT2D eigenvalue weighted by Crippen LogP contribution is -2.39. The molecule has 2 aliphatic heterocycles. The van der Waals surface area contributed by atoms with Crippen molar-refractivity contribution in [3.8, 4) is 5.75 Å². The van der Waals surface area contributed by atoms with Gasteiger partial charge in [-0.05, 0) is 18.5 Å². The quantitative estimate of drug-likeness (QED) is 0.826. The summed E-state index contributed by atoms with van der Waals surface area (Å²) in [4.78, 5) is 14.5. The van der Waals surface area contributed by atoms with Gasteiger partial charge in [-0.2, -0.15) is 0 Å². The van der Waals surface area contributed by atoms with E-state index in [0.717, 1.165) is 24.4 Å². The second-order valence-electron chi connectivity index (χ2n) is 5.46. The number of nitrogens with one attached hydrogen (secondary N) is 1. The summed E-state index contributed by atoms with van der Waals surface area (Å²) in [7, 11) is 0. The number of fused-ring (bicyclic) bond motifs is 1. The molecule has 0 aliphatic carbocycles. The van der Waals surface area contributed by atoms with Gasteiger partial charge in [0.15, 0.2) is 0 Å². The second kappa shape index (κ2) is 5.21. The molecule has 2 atom stereocenters. The highest BCUT2D eigenvalue weighted by molar-refractivity contribution is 5.80. The van der Waals surface area contributed by atoms with Crippen molar-refractivity contribution in [2.75, 3.05) is 26.2 Å². The molecule has 1 saturated heterocycles. The third kappa shape index (κ3) is 2.45. The van der Waals surface area contributed by atoms with Crippen LogP contribution in [0, 0.1) is 11.8 Å². The molecule has 1 aromatic carbocycles. The maximum absolute atomic E-state index is 12.6. The minimum atomic E-state index is 0.116. The Morgan fingerprint density at radius 2 is 2.21 bits per heavy atom. The van der Waals surface area contributed by atoms with E-state index < -0.39 is 0 Å². The van der Waals surface area contributed by atoms with Crippen molar-refractivity contribution in [2.45, 2.75) is 13.5 Å². The number of amides is 1. The number of para-hydroxylation sites is 1. The first kappa shape index (κ1) is 12.5. The largest absolute Gasteiger partial charge is 0.491 e. The molecule has 0 aromatic heterocycles. The van der Waals surface area contributed by atoms with Crippen LogP contribution in [0.5, 0.6) is 5.75 Å². The third-order valence-corrected chi connectivity index (χ3v) is 4.10. The van der Waals surface area contributed by atoms with Gasteiger partial charge in [-0.3, -0.25) is 4.79 Å². The molecular weight excluding hydrogens is 240 g/mol. The summed E-state index contributed by atoms with van der Waals surface area (Å²) in [5.74, 6) is 1.71. The van der Waals surface area contributed by atoms with E-state index in [4.69, 9.17) is 4.74 Å². The fourth-order valence-electron chi connectivity index (χ4n) is 2.89. The topological polar surface area (TPSA) is 41.6 Å². The van der Waals surface area contributed by atoms with E-state index in [-0.39, 0.29) is 11.8 Å². The lowest BCUT2D eigenvalue weighted by atomic mass is 9.96. The lowest BCUT2D eigenvalue weighted by Gasteiger charge is -2.25. The number of hydrogen-bond donors (Lipinski definition) is 1. The SMILES string of the molecule is C[C@@H]1CNC[C@H]1C(=O)N1CCOc2ccccc2C1. The van der Waals surface area contributed by atoms with E-state index in [2.05, 4.69) is 12.2 Å². The zero-order chi connectivity index (χ0) is 13.2. The zero-order valence-electron chi connectivity index (χ0n) is 11.3. The molecule has 1 fully saturated rings. The molecule has 0 bridgehead atoms. The van der Waals surface area contributed by atoms with Crippen LogP contribution in [0.4, 0.5) is 0 Å². The molecule has 2 aliphatic rings. The van der Waals surface area contributed by atoms with Crippen LogP contribution in [0.1, 0.15) is 12.5 Å². The van der Waals surface area contributed by atoms with Gasteiger partial charge >= 0.3 is 0 Å². The molecule has 1 N–H and O–H groups in total. The van der Waals surface area contributed by atoms with Crippen molar-refractivity contribution in [2.24, 2.45) is 11.8 Å². The van der Waals surface area contributed by atoms with Crippen LogP contribution in [-0.4, -0.2) is 37.0 Å². The number of ether oxygens (including phenoxy) is 1. The predicted molar refractivity (Wildman–Crippen MR) is 72.9 cm³/mol. The molecular formula is C15H20N2O2. The predicted octanol–water partition coefficient (Wildman–Crippen LogP) is 1.26. The highest BCUT2D eigenvalue weighted by atomic mass is 16.5. The molecule has 0 saturated carbocycles. The Morgan fingerprint density at radius 3 is 3.00 bits per heavy atom. The zero-order valence-corrected chi connectivity index (χ0v) is 11.3. The van der Waals surface area contributed by atoms with Crippen molar-refractivity contribution in [1.82, 2.24) is 10.2 Å². The summed E-state index contributed by atoms with van der Waals surface area (Å²) in [6, 6.07) is 7.98. The standard InChI is InChI=1S/C15H20N2O2/c1-11-8-16-9-13(11)15(18)17-6-7-19-14-5-3-2-4-12(14)10-17/h2-5,11,13,16H,6-10H2,1H3/t11-,13-/m1/s1. The Morgan fingerprint density at radius 1 is 1.37 bits per heavy atom. The first-order valence-electron chi connectivity index (χ1n) is 6.96.